The average molecular weight is 314 g/mol. The van der Waals surface area contributed by atoms with E-state index in [0.29, 0.717) is 11.4 Å². The number of hydrogen-bond donors (Lipinski definition) is 2. The maximum Gasteiger partial charge on any atom is 0.235 e. The standard InChI is InChI=1S/C14H22N2O4S/c1-10(2)14(17)15-12-5-7-13(8-6-12)16-21(18,19)9-11(3)20-4/h5-8,10-11,16H,9H2,1-4H3,(H,15,17)/t11-/m1/s1. The number of anilines is 2. The van der Waals surface area contributed by atoms with Gasteiger partial charge in [-0.2, -0.15) is 0 Å². The number of carbonyl (C=O) groups is 1. The molecule has 0 saturated carbocycles. The first-order valence-electron chi connectivity index (χ1n) is 6.67. The van der Waals surface area contributed by atoms with Crippen LogP contribution in [0.5, 0.6) is 0 Å². The van der Waals surface area contributed by atoms with Crippen LogP contribution in [-0.4, -0.2) is 33.3 Å². The summed E-state index contributed by atoms with van der Waals surface area (Å²) < 4.78 is 31.1. The number of sulfonamides is 1. The summed E-state index contributed by atoms with van der Waals surface area (Å²) in [5.41, 5.74) is 1.07. The summed E-state index contributed by atoms with van der Waals surface area (Å²) in [5, 5.41) is 2.74. The number of rotatable bonds is 7. The van der Waals surface area contributed by atoms with Crippen molar-refractivity contribution in [2.45, 2.75) is 26.9 Å². The van der Waals surface area contributed by atoms with E-state index in [9.17, 15) is 13.2 Å². The van der Waals surface area contributed by atoms with Crippen LogP contribution in [0, 0.1) is 5.92 Å². The van der Waals surface area contributed by atoms with Gasteiger partial charge >= 0.3 is 0 Å². The zero-order valence-electron chi connectivity index (χ0n) is 12.7. The lowest BCUT2D eigenvalue weighted by atomic mass is 10.2. The largest absolute Gasteiger partial charge is 0.381 e. The van der Waals surface area contributed by atoms with E-state index < -0.39 is 10.0 Å². The van der Waals surface area contributed by atoms with Gasteiger partial charge in [0.1, 0.15) is 0 Å². The van der Waals surface area contributed by atoms with Gasteiger partial charge in [-0.25, -0.2) is 8.42 Å². The molecule has 0 saturated heterocycles. The lowest BCUT2D eigenvalue weighted by Gasteiger charge is -2.13. The Labute approximate surface area is 125 Å². The fraction of sp³-hybridized carbons (Fsp3) is 0.500. The highest BCUT2D eigenvalue weighted by Gasteiger charge is 2.15. The van der Waals surface area contributed by atoms with Crippen molar-refractivity contribution >= 4 is 27.3 Å². The van der Waals surface area contributed by atoms with Gasteiger partial charge in [0.15, 0.2) is 0 Å². The van der Waals surface area contributed by atoms with Crippen molar-refractivity contribution in [3.8, 4) is 0 Å². The van der Waals surface area contributed by atoms with E-state index in [1.165, 1.54) is 7.11 Å². The maximum atomic E-state index is 11.9. The van der Waals surface area contributed by atoms with Crippen molar-refractivity contribution in [1.29, 1.82) is 0 Å². The Morgan fingerprint density at radius 3 is 2.14 bits per heavy atom. The van der Waals surface area contributed by atoms with Crippen molar-refractivity contribution in [3.05, 3.63) is 24.3 Å². The van der Waals surface area contributed by atoms with Crippen molar-refractivity contribution in [1.82, 2.24) is 0 Å². The lowest BCUT2D eigenvalue weighted by molar-refractivity contribution is -0.118. The number of ether oxygens (including phenoxy) is 1. The van der Waals surface area contributed by atoms with Crippen LogP contribution in [0.3, 0.4) is 0 Å². The minimum absolute atomic E-state index is 0.0859. The van der Waals surface area contributed by atoms with Crippen LogP contribution < -0.4 is 10.0 Å². The predicted octanol–water partition coefficient (Wildman–Crippen LogP) is 2.06. The van der Waals surface area contributed by atoms with Gasteiger partial charge in [0.25, 0.3) is 0 Å². The molecule has 0 aromatic heterocycles. The van der Waals surface area contributed by atoms with Gasteiger partial charge in [-0.1, -0.05) is 13.8 Å². The Hall–Kier alpha value is -1.60. The second kappa shape index (κ2) is 7.42. The lowest BCUT2D eigenvalue weighted by Crippen LogP contribution is -2.25. The van der Waals surface area contributed by atoms with Crippen LogP contribution in [0.2, 0.25) is 0 Å². The van der Waals surface area contributed by atoms with Crippen molar-refractivity contribution in [3.63, 3.8) is 0 Å². The molecule has 1 aromatic rings. The van der Waals surface area contributed by atoms with E-state index in [4.69, 9.17) is 4.74 Å². The minimum atomic E-state index is -3.46. The molecule has 7 heteroatoms. The van der Waals surface area contributed by atoms with Crippen molar-refractivity contribution in [2.24, 2.45) is 5.92 Å². The molecule has 0 aliphatic carbocycles. The van der Waals surface area contributed by atoms with Crippen LogP contribution in [0.1, 0.15) is 20.8 Å². The molecule has 0 fully saturated rings. The van der Waals surface area contributed by atoms with Gasteiger partial charge in [-0.15, -0.1) is 0 Å². The third kappa shape index (κ3) is 6.14. The van der Waals surface area contributed by atoms with Gasteiger partial charge in [-0.05, 0) is 31.2 Å². The van der Waals surface area contributed by atoms with Crippen LogP contribution in [0.15, 0.2) is 24.3 Å². The van der Waals surface area contributed by atoms with Crippen molar-refractivity contribution in [2.75, 3.05) is 22.9 Å². The first-order valence-corrected chi connectivity index (χ1v) is 8.33. The molecular formula is C14H22N2O4S. The van der Waals surface area contributed by atoms with Gasteiger partial charge in [0.05, 0.1) is 11.9 Å². The molecule has 118 valence electrons. The highest BCUT2D eigenvalue weighted by Crippen LogP contribution is 2.16. The Balaban J connectivity index is 2.68. The summed E-state index contributed by atoms with van der Waals surface area (Å²) >= 11 is 0. The molecule has 0 aliphatic rings. The number of carbonyl (C=O) groups excluding carboxylic acids is 1. The van der Waals surface area contributed by atoms with Gasteiger partial charge in [0.2, 0.25) is 15.9 Å². The highest BCUT2D eigenvalue weighted by atomic mass is 32.2. The van der Waals surface area contributed by atoms with E-state index in [2.05, 4.69) is 10.0 Å². The number of benzene rings is 1. The molecule has 1 rings (SSSR count). The smallest absolute Gasteiger partial charge is 0.235 e. The van der Waals surface area contributed by atoms with E-state index in [0.717, 1.165) is 0 Å². The molecular weight excluding hydrogens is 292 g/mol. The third-order valence-electron chi connectivity index (χ3n) is 2.81. The normalized spacial score (nSPS) is 13.0. The third-order valence-corrected chi connectivity index (χ3v) is 4.26. The molecule has 1 atom stereocenters. The fourth-order valence-corrected chi connectivity index (χ4v) is 2.84. The SMILES string of the molecule is CO[C@H](C)CS(=O)(=O)Nc1ccc(NC(=O)C(C)C)cc1. The molecule has 0 radical (unpaired) electrons. The zero-order valence-corrected chi connectivity index (χ0v) is 13.5. The van der Waals surface area contributed by atoms with Gasteiger partial charge < -0.3 is 10.1 Å². The van der Waals surface area contributed by atoms with Gasteiger partial charge in [-0.3, -0.25) is 9.52 Å². The summed E-state index contributed by atoms with van der Waals surface area (Å²) in [7, 11) is -1.99. The Morgan fingerprint density at radius 2 is 1.67 bits per heavy atom. The number of hydrogen-bond acceptors (Lipinski definition) is 4. The van der Waals surface area contributed by atoms with Crippen LogP contribution in [0.4, 0.5) is 11.4 Å². The van der Waals surface area contributed by atoms with Gasteiger partial charge in [0, 0.05) is 24.4 Å². The maximum absolute atomic E-state index is 11.9. The second-order valence-corrected chi connectivity index (χ2v) is 6.92. The van der Waals surface area contributed by atoms with Crippen LogP contribution in [-0.2, 0) is 19.6 Å². The second-order valence-electron chi connectivity index (χ2n) is 5.15. The molecule has 0 aliphatic heterocycles. The quantitative estimate of drug-likeness (QED) is 0.807. The summed E-state index contributed by atoms with van der Waals surface area (Å²) in [6, 6.07) is 6.51. The molecule has 21 heavy (non-hydrogen) atoms. The molecule has 6 nitrogen and oxygen atoms in total. The average Bonchev–Trinajstić information content (AvgIpc) is 2.39. The molecule has 0 unspecified atom stereocenters. The Morgan fingerprint density at radius 1 is 1.14 bits per heavy atom. The minimum Gasteiger partial charge on any atom is -0.381 e. The Kier molecular flexibility index (Phi) is 6.17. The number of methoxy groups -OCH3 is 1. The number of amides is 1. The predicted molar refractivity (Wildman–Crippen MR) is 83.8 cm³/mol. The van der Waals surface area contributed by atoms with E-state index >= 15 is 0 Å². The first kappa shape index (κ1) is 17.5. The van der Waals surface area contributed by atoms with E-state index in [-0.39, 0.29) is 23.7 Å². The Bertz CT molecular complexity index is 567. The molecule has 0 spiro atoms. The fourth-order valence-electron chi connectivity index (χ4n) is 1.51. The van der Waals surface area contributed by atoms with Crippen LogP contribution in [0.25, 0.3) is 0 Å². The molecule has 0 heterocycles. The zero-order chi connectivity index (χ0) is 16.0. The summed E-state index contributed by atoms with van der Waals surface area (Å²) in [6.45, 7) is 5.29. The summed E-state index contributed by atoms with van der Waals surface area (Å²) in [5.74, 6) is -0.314. The molecule has 1 aromatic carbocycles. The molecule has 1 amide bonds. The summed E-state index contributed by atoms with van der Waals surface area (Å²) in [4.78, 5) is 11.5. The summed E-state index contributed by atoms with van der Waals surface area (Å²) in [6.07, 6.45) is -0.382. The molecule has 0 bridgehead atoms. The van der Waals surface area contributed by atoms with Crippen molar-refractivity contribution < 1.29 is 17.9 Å². The first-order chi connectivity index (χ1) is 9.73. The van der Waals surface area contributed by atoms with Crippen LogP contribution >= 0.6 is 0 Å². The molecule has 2 N–H and O–H groups in total. The van der Waals surface area contributed by atoms with E-state index in [1.54, 1.807) is 45.0 Å². The monoisotopic (exact) mass is 314 g/mol. The number of nitrogens with one attached hydrogen (secondary N) is 2. The van der Waals surface area contributed by atoms with E-state index in [1.807, 2.05) is 0 Å². The topological polar surface area (TPSA) is 84.5 Å². The highest BCUT2D eigenvalue weighted by molar-refractivity contribution is 7.92.